The Morgan fingerprint density at radius 1 is 1.14 bits per heavy atom. The standard InChI is InChI=1S/C28H38ClN3O3S/c1-5-31-17-14-23(15-18-31)13-16-30-28(33)12-11-24-9-7-8-10-26(24)32(6-2)36(34,35)27-20-21(3)25(29)19-22(27)4/h7-12,19-20,23H,5-6,13-18H2,1-4H3,(H,30,33)/b12-11+. The first-order valence-corrected chi connectivity index (χ1v) is 14.6. The number of amides is 1. The van der Waals surface area contributed by atoms with Gasteiger partial charge in [0, 0.05) is 24.2 Å². The van der Waals surface area contributed by atoms with E-state index in [1.807, 2.05) is 12.1 Å². The van der Waals surface area contributed by atoms with Gasteiger partial charge in [-0.1, -0.05) is 36.7 Å². The number of aryl methyl sites for hydroxylation is 2. The number of hydrogen-bond donors (Lipinski definition) is 1. The molecule has 0 aliphatic carbocycles. The fourth-order valence-electron chi connectivity index (χ4n) is 4.69. The summed E-state index contributed by atoms with van der Waals surface area (Å²) in [5.74, 6) is 0.479. The zero-order valence-electron chi connectivity index (χ0n) is 21.8. The number of piperidine rings is 1. The van der Waals surface area contributed by atoms with Gasteiger partial charge in [0.1, 0.15) is 0 Å². The van der Waals surface area contributed by atoms with Crippen LogP contribution in [0.2, 0.25) is 5.02 Å². The molecule has 8 heteroatoms. The minimum absolute atomic E-state index is 0.175. The number of sulfonamides is 1. The minimum atomic E-state index is -3.83. The lowest BCUT2D eigenvalue weighted by atomic mass is 9.93. The molecular formula is C28H38ClN3O3S. The second-order valence-corrected chi connectivity index (χ2v) is 11.6. The van der Waals surface area contributed by atoms with E-state index in [-0.39, 0.29) is 17.3 Å². The van der Waals surface area contributed by atoms with Crippen LogP contribution in [0.1, 0.15) is 49.8 Å². The van der Waals surface area contributed by atoms with E-state index >= 15 is 0 Å². The van der Waals surface area contributed by atoms with Crippen LogP contribution in [-0.2, 0) is 14.8 Å². The molecule has 0 aromatic heterocycles. The molecule has 2 aromatic carbocycles. The summed E-state index contributed by atoms with van der Waals surface area (Å²) in [5.41, 5.74) is 2.49. The maximum atomic E-state index is 13.6. The topological polar surface area (TPSA) is 69.7 Å². The zero-order chi connectivity index (χ0) is 26.3. The number of anilines is 1. The Bertz CT molecular complexity index is 1190. The molecule has 3 rings (SSSR count). The van der Waals surface area contributed by atoms with Crippen LogP contribution >= 0.6 is 11.6 Å². The average Bonchev–Trinajstić information content (AvgIpc) is 2.86. The molecule has 0 unspecified atom stereocenters. The molecule has 1 saturated heterocycles. The van der Waals surface area contributed by atoms with Crippen molar-refractivity contribution in [2.75, 3.05) is 37.0 Å². The monoisotopic (exact) mass is 531 g/mol. The summed E-state index contributed by atoms with van der Waals surface area (Å²) in [7, 11) is -3.83. The molecule has 1 aliphatic rings. The number of nitrogens with zero attached hydrogens (tertiary/aromatic N) is 2. The number of likely N-dealkylation sites (tertiary alicyclic amines) is 1. The van der Waals surface area contributed by atoms with Crippen LogP contribution in [0.25, 0.3) is 6.08 Å². The number of benzene rings is 2. The molecule has 1 amide bonds. The van der Waals surface area contributed by atoms with Gasteiger partial charge in [-0.3, -0.25) is 9.10 Å². The fourth-order valence-corrected chi connectivity index (χ4v) is 6.70. The molecule has 0 bridgehead atoms. The van der Waals surface area contributed by atoms with Crippen molar-refractivity contribution in [2.45, 2.75) is 51.9 Å². The molecule has 0 radical (unpaired) electrons. The van der Waals surface area contributed by atoms with Crippen molar-refractivity contribution >= 4 is 39.3 Å². The van der Waals surface area contributed by atoms with Crippen LogP contribution in [0.3, 0.4) is 0 Å². The molecular weight excluding hydrogens is 494 g/mol. The van der Waals surface area contributed by atoms with Crippen LogP contribution < -0.4 is 9.62 Å². The number of rotatable bonds is 10. The summed E-state index contributed by atoms with van der Waals surface area (Å²) in [5, 5.41) is 3.52. The molecule has 0 spiro atoms. The summed E-state index contributed by atoms with van der Waals surface area (Å²) in [4.78, 5) is 15.2. The van der Waals surface area contributed by atoms with Crippen LogP contribution in [0.5, 0.6) is 0 Å². The highest BCUT2D eigenvalue weighted by Crippen LogP contribution is 2.31. The van der Waals surface area contributed by atoms with Gasteiger partial charge in [0.2, 0.25) is 5.91 Å². The molecule has 1 heterocycles. The molecule has 0 saturated carbocycles. The lowest BCUT2D eigenvalue weighted by Crippen LogP contribution is -2.34. The SMILES string of the molecule is CCN1CCC(CCNC(=O)/C=C/c2ccccc2N(CC)S(=O)(=O)c2cc(C)c(Cl)cc2C)CC1. The third-order valence-electron chi connectivity index (χ3n) is 6.94. The van der Waals surface area contributed by atoms with Gasteiger partial charge in [-0.25, -0.2) is 8.42 Å². The second kappa shape index (κ2) is 12.7. The summed E-state index contributed by atoms with van der Waals surface area (Å²) in [6, 6.07) is 10.5. The number of nitrogens with one attached hydrogen (secondary N) is 1. The van der Waals surface area contributed by atoms with Gasteiger partial charge in [-0.2, -0.15) is 0 Å². The largest absolute Gasteiger partial charge is 0.353 e. The van der Waals surface area contributed by atoms with Crippen LogP contribution in [0.15, 0.2) is 47.4 Å². The van der Waals surface area contributed by atoms with Gasteiger partial charge in [0.05, 0.1) is 10.6 Å². The van der Waals surface area contributed by atoms with E-state index < -0.39 is 10.0 Å². The maximum absolute atomic E-state index is 13.6. The quantitative estimate of drug-likeness (QED) is 0.415. The first-order valence-electron chi connectivity index (χ1n) is 12.7. The Hall–Kier alpha value is -2.35. The molecule has 2 aromatic rings. The van der Waals surface area contributed by atoms with E-state index in [4.69, 9.17) is 11.6 Å². The van der Waals surface area contributed by atoms with Gasteiger partial charge in [0.25, 0.3) is 10.0 Å². The van der Waals surface area contributed by atoms with Crippen molar-refractivity contribution in [3.05, 3.63) is 64.2 Å². The Kier molecular flexibility index (Phi) is 10.00. The lowest BCUT2D eigenvalue weighted by molar-refractivity contribution is -0.116. The third-order valence-corrected chi connectivity index (χ3v) is 9.38. The Balaban J connectivity index is 1.71. The maximum Gasteiger partial charge on any atom is 0.264 e. The van der Waals surface area contributed by atoms with Crippen molar-refractivity contribution in [3.63, 3.8) is 0 Å². The van der Waals surface area contributed by atoms with Crippen molar-refractivity contribution in [3.8, 4) is 0 Å². The molecule has 36 heavy (non-hydrogen) atoms. The van der Waals surface area contributed by atoms with E-state index in [1.165, 1.54) is 23.2 Å². The highest BCUT2D eigenvalue weighted by Gasteiger charge is 2.27. The van der Waals surface area contributed by atoms with Gasteiger partial charge in [0.15, 0.2) is 0 Å². The van der Waals surface area contributed by atoms with Crippen molar-refractivity contribution < 1.29 is 13.2 Å². The van der Waals surface area contributed by atoms with E-state index in [0.717, 1.165) is 26.1 Å². The normalized spacial score (nSPS) is 15.4. The molecule has 1 N–H and O–H groups in total. The summed E-state index contributed by atoms with van der Waals surface area (Å²) in [6.45, 7) is 11.8. The molecule has 1 fully saturated rings. The molecule has 6 nitrogen and oxygen atoms in total. The van der Waals surface area contributed by atoms with E-state index in [1.54, 1.807) is 51.1 Å². The Morgan fingerprint density at radius 3 is 2.50 bits per heavy atom. The van der Waals surface area contributed by atoms with E-state index in [9.17, 15) is 13.2 Å². The van der Waals surface area contributed by atoms with Crippen LogP contribution in [0.4, 0.5) is 5.69 Å². The van der Waals surface area contributed by atoms with Gasteiger partial charge < -0.3 is 10.2 Å². The fraction of sp³-hybridized carbons (Fsp3) is 0.464. The predicted octanol–water partition coefficient (Wildman–Crippen LogP) is 5.42. The first-order chi connectivity index (χ1) is 17.2. The van der Waals surface area contributed by atoms with Gasteiger partial charge >= 0.3 is 0 Å². The van der Waals surface area contributed by atoms with Gasteiger partial charge in [-0.05, 0) is 107 Å². The van der Waals surface area contributed by atoms with E-state index in [2.05, 4.69) is 17.1 Å². The Morgan fingerprint density at radius 2 is 1.83 bits per heavy atom. The van der Waals surface area contributed by atoms with Crippen molar-refractivity contribution in [2.24, 2.45) is 5.92 Å². The zero-order valence-corrected chi connectivity index (χ0v) is 23.3. The average molecular weight is 532 g/mol. The molecule has 196 valence electrons. The summed E-state index contributed by atoms with van der Waals surface area (Å²) in [6.07, 6.45) is 6.51. The lowest BCUT2D eigenvalue weighted by Gasteiger charge is -2.30. The predicted molar refractivity (Wildman–Crippen MR) is 149 cm³/mol. The van der Waals surface area contributed by atoms with E-state index in [0.29, 0.717) is 39.9 Å². The number of para-hydroxylation sites is 1. The van der Waals surface area contributed by atoms with Gasteiger partial charge in [-0.15, -0.1) is 0 Å². The number of carbonyl (C=O) groups is 1. The van der Waals surface area contributed by atoms with Crippen molar-refractivity contribution in [1.82, 2.24) is 10.2 Å². The molecule has 0 atom stereocenters. The smallest absolute Gasteiger partial charge is 0.264 e. The number of carbonyl (C=O) groups excluding carboxylic acids is 1. The second-order valence-electron chi connectivity index (χ2n) is 9.39. The highest BCUT2D eigenvalue weighted by atomic mass is 35.5. The third kappa shape index (κ3) is 6.90. The van der Waals surface area contributed by atoms with Crippen LogP contribution in [0, 0.1) is 19.8 Å². The first kappa shape index (κ1) is 28.2. The highest BCUT2D eigenvalue weighted by molar-refractivity contribution is 7.92. The summed E-state index contributed by atoms with van der Waals surface area (Å²) < 4.78 is 28.7. The Labute approximate surface area is 221 Å². The minimum Gasteiger partial charge on any atom is -0.353 e. The number of hydrogen-bond acceptors (Lipinski definition) is 4. The summed E-state index contributed by atoms with van der Waals surface area (Å²) >= 11 is 6.20. The molecule has 1 aliphatic heterocycles. The van der Waals surface area contributed by atoms with Crippen molar-refractivity contribution in [1.29, 1.82) is 0 Å². The number of halogens is 1. The van der Waals surface area contributed by atoms with Crippen LogP contribution in [-0.4, -0.2) is 51.9 Å².